The SMILES string of the molecule is CCC(=NNC(=O)C(C)Oc1ccc(Cl)cc1Cl)c1ccc(O)cc1. The van der Waals surface area contributed by atoms with E-state index in [1.807, 2.05) is 6.92 Å². The number of carbonyl (C=O) groups excluding carboxylic acids is 1. The minimum absolute atomic E-state index is 0.171. The number of ether oxygens (including phenoxy) is 1. The van der Waals surface area contributed by atoms with Gasteiger partial charge in [0.05, 0.1) is 10.7 Å². The first-order valence-electron chi connectivity index (χ1n) is 7.68. The van der Waals surface area contributed by atoms with Crippen LogP contribution in [0.3, 0.4) is 0 Å². The normalized spacial score (nSPS) is 12.6. The average molecular weight is 381 g/mol. The third-order valence-corrected chi connectivity index (χ3v) is 3.93. The molecule has 0 radical (unpaired) electrons. The number of hydrazone groups is 1. The summed E-state index contributed by atoms with van der Waals surface area (Å²) in [5.74, 6) is 0.132. The Labute approximate surface area is 156 Å². The monoisotopic (exact) mass is 380 g/mol. The number of aromatic hydroxyl groups is 1. The smallest absolute Gasteiger partial charge is 0.280 e. The van der Waals surface area contributed by atoms with Crippen LogP contribution < -0.4 is 10.2 Å². The molecule has 132 valence electrons. The molecule has 0 aliphatic carbocycles. The average Bonchev–Trinajstić information content (AvgIpc) is 2.59. The molecule has 1 atom stereocenters. The van der Waals surface area contributed by atoms with Gasteiger partial charge in [-0.15, -0.1) is 0 Å². The van der Waals surface area contributed by atoms with Crippen molar-refractivity contribution in [3.63, 3.8) is 0 Å². The number of phenolic OH excluding ortho intramolecular Hbond substituents is 1. The molecule has 0 saturated heterocycles. The van der Waals surface area contributed by atoms with Gasteiger partial charge in [0.25, 0.3) is 5.91 Å². The van der Waals surface area contributed by atoms with Crippen molar-refractivity contribution in [3.05, 3.63) is 58.1 Å². The molecule has 2 rings (SSSR count). The van der Waals surface area contributed by atoms with E-state index in [1.165, 1.54) is 0 Å². The summed E-state index contributed by atoms with van der Waals surface area (Å²) in [6, 6.07) is 11.4. The molecule has 0 bridgehead atoms. The summed E-state index contributed by atoms with van der Waals surface area (Å²) < 4.78 is 5.54. The number of amides is 1. The van der Waals surface area contributed by atoms with Crippen LogP contribution in [-0.4, -0.2) is 22.8 Å². The van der Waals surface area contributed by atoms with Crippen molar-refractivity contribution in [1.29, 1.82) is 0 Å². The van der Waals surface area contributed by atoms with Crippen LogP contribution in [0.2, 0.25) is 10.0 Å². The van der Waals surface area contributed by atoms with Crippen LogP contribution >= 0.6 is 23.2 Å². The number of benzene rings is 2. The predicted molar refractivity (Wildman–Crippen MR) is 99.6 cm³/mol. The Kier molecular flexibility index (Phi) is 6.67. The second-order valence-corrected chi connectivity index (χ2v) is 6.11. The molecule has 1 amide bonds. The molecule has 0 heterocycles. The number of phenols is 1. The summed E-state index contributed by atoms with van der Waals surface area (Å²) in [6.45, 7) is 3.52. The Morgan fingerprint density at radius 3 is 2.52 bits per heavy atom. The van der Waals surface area contributed by atoms with E-state index in [9.17, 15) is 9.90 Å². The number of hydrogen-bond donors (Lipinski definition) is 2. The van der Waals surface area contributed by atoms with Crippen molar-refractivity contribution in [2.45, 2.75) is 26.4 Å². The highest BCUT2D eigenvalue weighted by molar-refractivity contribution is 6.35. The highest BCUT2D eigenvalue weighted by Gasteiger charge is 2.16. The van der Waals surface area contributed by atoms with Crippen molar-refractivity contribution in [1.82, 2.24) is 5.43 Å². The van der Waals surface area contributed by atoms with Gasteiger partial charge in [-0.25, -0.2) is 5.43 Å². The highest BCUT2D eigenvalue weighted by atomic mass is 35.5. The Hall–Kier alpha value is -2.24. The maximum absolute atomic E-state index is 12.2. The van der Waals surface area contributed by atoms with E-state index in [2.05, 4.69) is 10.5 Å². The Bertz CT molecular complexity index is 776. The molecule has 0 aromatic heterocycles. The lowest BCUT2D eigenvalue weighted by atomic mass is 10.1. The van der Waals surface area contributed by atoms with Gasteiger partial charge < -0.3 is 9.84 Å². The number of nitrogens with one attached hydrogen (secondary N) is 1. The summed E-state index contributed by atoms with van der Waals surface area (Å²) >= 11 is 11.9. The van der Waals surface area contributed by atoms with E-state index in [-0.39, 0.29) is 5.75 Å². The van der Waals surface area contributed by atoms with Crippen LogP contribution in [0.15, 0.2) is 47.6 Å². The maximum Gasteiger partial charge on any atom is 0.280 e. The molecule has 2 aromatic carbocycles. The lowest BCUT2D eigenvalue weighted by Crippen LogP contribution is -2.34. The van der Waals surface area contributed by atoms with Crippen molar-refractivity contribution in [2.75, 3.05) is 0 Å². The van der Waals surface area contributed by atoms with Crippen LogP contribution in [-0.2, 0) is 4.79 Å². The fourth-order valence-electron chi connectivity index (χ4n) is 2.03. The minimum Gasteiger partial charge on any atom is -0.508 e. The molecule has 0 fully saturated rings. The maximum atomic E-state index is 12.2. The molecule has 0 aliphatic heterocycles. The van der Waals surface area contributed by atoms with Gasteiger partial charge in [-0.3, -0.25) is 4.79 Å². The molecule has 5 nitrogen and oxygen atoms in total. The van der Waals surface area contributed by atoms with Crippen molar-refractivity contribution < 1.29 is 14.6 Å². The molecule has 0 spiro atoms. The number of halogens is 2. The van der Waals surface area contributed by atoms with Gasteiger partial charge in [-0.05, 0) is 61.4 Å². The van der Waals surface area contributed by atoms with Crippen LogP contribution in [0.5, 0.6) is 11.5 Å². The standard InChI is InChI=1S/C18H18Cl2N2O3/c1-3-16(12-4-7-14(23)8-5-12)21-22-18(24)11(2)25-17-9-6-13(19)10-15(17)20/h4-11,23H,3H2,1-2H3,(H,22,24). The molecule has 2 N–H and O–H groups in total. The van der Waals surface area contributed by atoms with Gasteiger partial charge in [0.1, 0.15) is 11.5 Å². The van der Waals surface area contributed by atoms with E-state index in [0.29, 0.717) is 27.9 Å². The molecule has 0 aliphatic rings. The van der Waals surface area contributed by atoms with E-state index < -0.39 is 12.0 Å². The van der Waals surface area contributed by atoms with E-state index in [4.69, 9.17) is 27.9 Å². The first-order valence-corrected chi connectivity index (χ1v) is 8.43. The summed E-state index contributed by atoms with van der Waals surface area (Å²) in [4.78, 5) is 12.2. The minimum atomic E-state index is -0.791. The van der Waals surface area contributed by atoms with Gasteiger partial charge in [0, 0.05) is 5.02 Å². The zero-order chi connectivity index (χ0) is 18.4. The predicted octanol–water partition coefficient (Wildman–Crippen LogP) is 4.40. The quantitative estimate of drug-likeness (QED) is 0.576. The molecular formula is C18H18Cl2N2O3. The van der Waals surface area contributed by atoms with E-state index >= 15 is 0 Å². The fourth-order valence-corrected chi connectivity index (χ4v) is 2.48. The second kappa shape index (κ2) is 8.74. The van der Waals surface area contributed by atoms with E-state index in [1.54, 1.807) is 49.4 Å². The van der Waals surface area contributed by atoms with Gasteiger partial charge in [0.15, 0.2) is 6.10 Å². The number of hydrogen-bond acceptors (Lipinski definition) is 4. The molecule has 25 heavy (non-hydrogen) atoms. The highest BCUT2D eigenvalue weighted by Crippen LogP contribution is 2.28. The summed E-state index contributed by atoms with van der Waals surface area (Å²) in [6.07, 6.45) is -0.177. The molecule has 7 heteroatoms. The zero-order valence-corrected chi connectivity index (χ0v) is 15.3. The lowest BCUT2D eigenvalue weighted by Gasteiger charge is -2.14. The summed E-state index contributed by atoms with van der Waals surface area (Å²) in [5.41, 5.74) is 3.99. The van der Waals surface area contributed by atoms with Gasteiger partial charge >= 0.3 is 0 Å². The molecular weight excluding hydrogens is 363 g/mol. The molecule has 2 aromatic rings. The lowest BCUT2D eigenvalue weighted by molar-refractivity contribution is -0.127. The Balaban J connectivity index is 2.03. The van der Waals surface area contributed by atoms with Crippen LogP contribution in [0, 0.1) is 0 Å². The number of carbonyl (C=O) groups is 1. The Morgan fingerprint density at radius 2 is 1.92 bits per heavy atom. The number of rotatable bonds is 6. The zero-order valence-electron chi connectivity index (χ0n) is 13.8. The summed E-state index contributed by atoms with van der Waals surface area (Å²) in [7, 11) is 0. The fraction of sp³-hybridized carbons (Fsp3) is 0.222. The molecule has 0 saturated carbocycles. The topological polar surface area (TPSA) is 70.9 Å². The van der Waals surface area contributed by atoms with Gasteiger partial charge in [0.2, 0.25) is 0 Å². The second-order valence-electron chi connectivity index (χ2n) is 5.27. The van der Waals surface area contributed by atoms with Crippen LogP contribution in [0.4, 0.5) is 0 Å². The largest absolute Gasteiger partial charge is 0.508 e. The van der Waals surface area contributed by atoms with Crippen LogP contribution in [0.1, 0.15) is 25.8 Å². The van der Waals surface area contributed by atoms with Crippen molar-refractivity contribution in [3.8, 4) is 11.5 Å². The molecule has 1 unspecified atom stereocenters. The van der Waals surface area contributed by atoms with Gasteiger partial charge in [-0.1, -0.05) is 30.1 Å². The Morgan fingerprint density at radius 1 is 1.24 bits per heavy atom. The first-order chi connectivity index (χ1) is 11.9. The number of nitrogens with zero attached hydrogens (tertiary/aromatic N) is 1. The van der Waals surface area contributed by atoms with Crippen molar-refractivity contribution in [2.24, 2.45) is 5.10 Å². The van der Waals surface area contributed by atoms with Gasteiger partial charge in [-0.2, -0.15) is 5.10 Å². The third kappa shape index (κ3) is 5.37. The first kappa shape index (κ1) is 19.1. The van der Waals surface area contributed by atoms with Crippen LogP contribution in [0.25, 0.3) is 0 Å². The van der Waals surface area contributed by atoms with Crippen molar-refractivity contribution >= 4 is 34.8 Å². The summed E-state index contributed by atoms with van der Waals surface area (Å²) in [5, 5.41) is 14.3. The third-order valence-electron chi connectivity index (χ3n) is 3.40. The van der Waals surface area contributed by atoms with E-state index in [0.717, 1.165) is 5.56 Å².